The number of alkyl halides is 6. The molecule has 1 N–H and O–H groups in total. The van der Waals surface area contributed by atoms with Crippen LogP contribution in [0, 0.1) is 0 Å². The fourth-order valence-electron chi connectivity index (χ4n) is 2.55. The minimum absolute atomic E-state index is 0.0507. The monoisotopic (exact) mass is 430 g/mol. The van der Waals surface area contributed by atoms with E-state index in [9.17, 15) is 31.1 Å². The van der Waals surface area contributed by atoms with Gasteiger partial charge in [-0.2, -0.15) is 36.1 Å². The molecule has 13 heteroatoms. The van der Waals surface area contributed by atoms with Crippen LogP contribution in [-0.4, -0.2) is 30.6 Å². The molecule has 0 radical (unpaired) electrons. The minimum Gasteiger partial charge on any atom is -0.342 e. The maximum absolute atomic E-state index is 13.0. The summed E-state index contributed by atoms with van der Waals surface area (Å²) >= 11 is 0. The highest BCUT2D eigenvalue weighted by Gasteiger charge is 2.37. The third-order valence-corrected chi connectivity index (χ3v) is 3.93. The highest BCUT2D eigenvalue weighted by Crippen LogP contribution is 2.36. The van der Waals surface area contributed by atoms with Gasteiger partial charge in [0.05, 0.1) is 23.4 Å². The van der Waals surface area contributed by atoms with E-state index in [0.717, 1.165) is 6.33 Å². The number of halogens is 6. The molecule has 3 rings (SSSR count). The summed E-state index contributed by atoms with van der Waals surface area (Å²) in [5.41, 5.74) is -3.97. The lowest BCUT2D eigenvalue weighted by atomic mass is 10.0. The van der Waals surface area contributed by atoms with Gasteiger partial charge in [0.2, 0.25) is 0 Å². The number of nitrogens with one attached hydrogen (secondary N) is 1. The molecule has 7 nitrogen and oxygen atoms in total. The van der Waals surface area contributed by atoms with E-state index >= 15 is 0 Å². The summed E-state index contributed by atoms with van der Waals surface area (Å²) in [6.45, 7) is 1.44. The van der Waals surface area contributed by atoms with Gasteiger partial charge in [0.15, 0.2) is 11.6 Å². The van der Waals surface area contributed by atoms with Gasteiger partial charge in [-0.1, -0.05) is 0 Å². The Labute approximate surface area is 164 Å². The van der Waals surface area contributed by atoms with Crippen LogP contribution in [0.2, 0.25) is 0 Å². The summed E-state index contributed by atoms with van der Waals surface area (Å²) in [4.78, 5) is 24.3. The number of benzene rings is 1. The highest BCUT2D eigenvalue weighted by molar-refractivity contribution is 5.94. The van der Waals surface area contributed by atoms with Gasteiger partial charge in [0.25, 0.3) is 5.91 Å². The molecule has 0 spiro atoms. The zero-order chi connectivity index (χ0) is 22.1. The number of aromatic nitrogens is 5. The Kier molecular flexibility index (Phi) is 5.46. The Bertz CT molecular complexity index is 1010. The Balaban J connectivity index is 1.91. The van der Waals surface area contributed by atoms with Crippen LogP contribution >= 0.6 is 0 Å². The molecular weight excluding hydrogens is 418 g/mol. The first-order valence-electron chi connectivity index (χ1n) is 8.23. The molecule has 30 heavy (non-hydrogen) atoms. The minimum atomic E-state index is -5.06. The second-order valence-corrected chi connectivity index (χ2v) is 6.08. The molecule has 2 aromatic heterocycles. The van der Waals surface area contributed by atoms with Crippen LogP contribution in [0.15, 0.2) is 43.1 Å². The number of nitrogens with zero attached hydrogens (tertiary/aromatic N) is 5. The summed E-state index contributed by atoms with van der Waals surface area (Å²) in [6, 6.07) is -0.272. The molecule has 158 valence electrons. The topological polar surface area (TPSA) is 85.6 Å². The second kappa shape index (κ2) is 7.72. The fourth-order valence-corrected chi connectivity index (χ4v) is 2.55. The van der Waals surface area contributed by atoms with Gasteiger partial charge in [0, 0.05) is 18.0 Å². The van der Waals surface area contributed by atoms with Crippen molar-refractivity contribution in [3.63, 3.8) is 0 Å². The SMILES string of the molecule is C[C@H](NC(=O)c1cc(C(F)(F)F)cc(C(F)(F)F)c1)c1ncnn1-c1cnccn1. The Morgan fingerprint density at radius 2 is 1.63 bits per heavy atom. The number of rotatable bonds is 4. The van der Waals surface area contributed by atoms with Crippen molar-refractivity contribution in [3.8, 4) is 5.82 Å². The van der Waals surface area contributed by atoms with Gasteiger partial charge in [-0.15, -0.1) is 0 Å². The lowest BCUT2D eigenvalue weighted by molar-refractivity contribution is -0.143. The maximum atomic E-state index is 13.0. The van der Waals surface area contributed by atoms with Crippen LogP contribution in [0.4, 0.5) is 26.3 Å². The van der Waals surface area contributed by atoms with E-state index in [1.165, 1.54) is 30.2 Å². The van der Waals surface area contributed by atoms with Crippen molar-refractivity contribution in [1.29, 1.82) is 0 Å². The van der Waals surface area contributed by atoms with Crippen LogP contribution < -0.4 is 5.32 Å². The average Bonchev–Trinajstić information content (AvgIpc) is 3.17. The predicted molar refractivity (Wildman–Crippen MR) is 89.3 cm³/mol. The second-order valence-electron chi connectivity index (χ2n) is 6.08. The molecule has 0 saturated carbocycles. The third-order valence-electron chi connectivity index (χ3n) is 3.93. The lowest BCUT2D eigenvalue weighted by Crippen LogP contribution is -2.29. The maximum Gasteiger partial charge on any atom is 0.416 e. The van der Waals surface area contributed by atoms with Crippen molar-refractivity contribution in [2.24, 2.45) is 0 Å². The van der Waals surface area contributed by atoms with Crippen molar-refractivity contribution < 1.29 is 31.1 Å². The van der Waals surface area contributed by atoms with Crippen LogP contribution in [0.1, 0.15) is 40.3 Å². The molecular formula is C17H12F6N6O. The van der Waals surface area contributed by atoms with E-state index in [0.29, 0.717) is 12.1 Å². The van der Waals surface area contributed by atoms with Crippen molar-refractivity contribution in [2.75, 3.05) is 0 Å². The summed E-state index contributed by atoms with van der Waals surface area (Å²) < 4.78 is 79.2. The van der Waals surface area contributed by atoms with Gasteiger partial charge in [-0.25, -0.2) is 9.97 Å². The molecule has 0 saturated heterocycles. The first-order valence-corrected chi connectivity index (χ1v) is 8.23. The van der Waals surface area contributed by atoms with Gasteiger partial charge in [-0.05, 0) is 25.1 Å². The fraction of sp³-hybridized carbons (Fsp3) is 0.235. The van der Waals surface area contributed by atoms with Crippen LogP contribution in [0.3, 0.4) is 0 Å². The first kappa shape index (κ1) is 21.2. The van der Waals surface area contributed by atoms with Crippen LogP contribution in [0.5, 0.6) is 0 Å². The first-order chi connectivity index (χ1) is 14.0. The number of amides is 1. The van der Waals surface area contributed by atoms with E-state index in [-0.39, 0.29) is 17.7 Å². The molecule has 0 aliphatic rings. The molecule has 0 unspecified atom stereocenters. The van der Waals surface area contributed by atoms with Gasteiger partial charge < -0.3 is 5.32 Å². The molecule has 0 aliphatic heterocycles. The predicted octanol–water partition coefficient (Wildman–Crippen LogP) is 3.59. The van der Waals surface area contributed by atoms with Crippen molar-refractivity contribution >= 4 is 5.91 Å². The zero-order valence-electron chi connectivity index (χ0n) is 15.0. The number of hydrogen-bond acceptors (Lipinski definition) is 5. The standard InChI is InChI=1S/C17H12F6N6O/c1-9(14-26-8-27-29(14)13-7-24-2-3-25-13)28-15(30)10-4-11(16(18,19)20)6-12(5-10)17(21,22)23/h2-9H,1H3,(H,28,30)/t9-/m0/s1. The highest BCUT2D eigenvalue weighted by atomic mass is 19.4. The summed E-state index contributed by atoms with van der Waals surface area (Å²) in [5, 5.41) is 6.26. The summed E-state index contributed by atoms with van der Waals surface area (Å²) in [5.74, 6) is -0.746. The number of hydrogen-bond donors (Lipinski definition) is 1. The van der Waals surface area contributed by atoms with Gasteiger partial charge in [-0.3, -0.25) is 9.78 Å². The molecule has 0 fully saturated rings. The van der Waals surface area contributed by atoms with E-state index < -0.39 is 41.0 Å². The molecule has 1 aromatic carbocycles. The quantitative estimate of drug-likeness (QED) is 0.640. The van der Waals surface area contributed by atoms with E-state index in [2.05, 4.69) is 25.4 Å². The van der Waals surface area contributed by atoms with Crippen LogP contribution in [0.25, 0.3) is 5.82 Å². The van der Waals surface area contributed by atoms with E-state index in [1.54, 1.807) is 0 Å². The summed E-state index contributed by atoms with van der Waals surface area (Å²) in [6.07, 6.45) is -4.82. The van der Waals surface area contributed by atoms with Gasteiger partial charge in [0.1, 0.15) is 6.33 Å². The molecule has 1 atom stereocenters. The van der Waals surface area contributed by atoms with Crippen LogP contribution in [-0.2, 0) is 12.4 Å². The molecule has 1 amide bonds. The molecule has 0 bridgehead atoms. The lowest BCUT2D eigenvalue weighted by Gasteiger charge is -2.17. The third kappa shape index (κ3) is 4.55. The average molecular weight is 430 g/mol. The van der Waals surface area contributed by atoms with E-state index in [4.69, 9.17) is 0 Å². The Morgan fingerprint density at radius 1 is 1.00 bits per heavy atom. The normalized spacial score (nSPS) is 13.2. The van der Waals surface area contributed by atoms with Crippen molar-refractivity contribution in [2.45, 2.75) is 25.3 Å². The number of carbonyl (C=O) groups is 1. The molecule has 3 aromatic rings. The summed E-state index contributed by atoms with van der Waals surface area (Å²) in [7, 11) is 0. The van der Waals surface area contributed by atoms with E-state index in [1.807, 2.05) is 0 Å². The Hall–Kier alpha value is -3.51. The van der Waals surface area contributed by atoms with Crippen molar-refractivity contribution in [3.05, 3.63) is 65.6 Å². The molecule has 2 heterocycles. The zero-order valence-corrected chi connectivity index (χ0v) is 15.0. The Morgan fingerprint density at radius 3 is 2.17 bits per heavy atom. The molecule has 0 aliphatic carbocycles. The number of carbonyl (C=O) groups excluding carboxylic acids is 1. The largest absolute Gasteiger partial charge is 0.416 e. The van der Waals surface area contributed by atoms with Crippen molar-refractivity contribution in [1.82, 2.24) is 30.0 Å². The smallest absolute Gasteiger partial charge is 0.342 e. The van der Waals surface area contributed by atoms with Gasteiger partial charge >= 0.3 is 12.4 Å².